The average molecular weight is 300 g/mol. The summed E-state index contributed by atoms with van der Waals surface area (Å²) in [5.41, 5.74) is 0. The lowest BCUT2D eigenvalue weighted by atomic mass is 10.1. The minimum atomic E-state index is 0.723. The zero-order valence-electron chi connectivity index (χ0n) is 15.1. The normalized spacial score (nSPS) is 11.7. The molecule has 0 radical (unpaired) electrons. The van der Waals surface area contributed by atoms with Crippen LogP contribution in [-0.4, -0.2) is 38.3 Å². The molecule has 0 aromatic carbocycles. The molecule has 3 N–H and O–H groups in total. The molecule has 0 saturated carbocycles. The van der Waals surface area contributed by atoms with Crippen LogP contribution in [0.2, 0.25) is 0 Å². The summed E-state index contributed by atoms with van der Waals surface area (Å²) in [6, 6.07) is 1.45. The van der Waals surface area contributed by atoms with Gasteiger partial charge in [0.1, 0.15) is 0 Å². The van der Waals surface area contributed by atoms with Gasteiger partial charge in [-0.3, -0.25) is 0 Å². The Kier molecular flexibility index (Phi) is 16.2. The van der Waals surface area contributed by atoms with Crippen molar-refractivity contribution in [3.8, 4) is 0 Å². The van der Waals surface area contributed by atoms with Crippen molar-refractivity contribution in [3.63, 3.8) is 0 Å². The highest BCUT2D eigenvalue weighted by Gasteiger charge is 2.01. The molecule has 0 aromatic heterocycles. The number of unbranched alkanes of at least 4 members (excludes halogenated alkanes) is 2. The molecule has 0 fully saturated rings. The SMILES string of the molecule is CCC(CC)NCCCCNCCCCNC(CC)CC. The lowest BCUT2D eigenvalue weighted by Gasteiger charge is -2.15. The zero-order chi connectivity index (χ0) is 15.8. The van der Waals surface area contributed by atoms with Gasteiger partial charge < -0.3 is 16.0 Å². The van der Waals surface area contributed by atoms with E-state index in [9.17, 15) is 0 Å². The van der Waals surface area contributed by atoms with E-state index in [1.807, 2.05) is 0 Å². The summed E-state index contributed by atoms with van der Waals surface area (Å²) in [5.74, 6) is 0. The van der Waals surface area contributed by atoms with Gasteiger partial charge in [-0.05, 0) is 77.5 Å². The highest BCUT2D eigenvalue weighted by atomic mass is 14.9. The van der Waals surface area contributed by atoms with Crippen LogP contribution >= 0.6 is 0 Å². The minimum absolute atomic E-state index is 0.723. The van der Waals surface area contributed by atoms with Crippen LogP contribution in [0.25, 0.3) is 0 Å². The van der Waals surface area contributed by atoms with Crippen LogP contribution in [0.15, 0.2) is 0 Å². The fourth-order valence-electron chi connectivity index (χ4n) is 2.64. The Labute approximate surface area is 134 Å². The van der Waals surface area contributed by atoms with Crippen molar-refractivity contribution in [2.75, 3.05) is 26.2 Å². The maximum Gasteiger partial charge on any atom is 0.00618 e. The molecule has 0 aliphatic rings. The first kappa shape index (κ1) is 20.9. The first-order valence-electron chi connectivity index (χ1n) is 9.45. The third kappa shape index (κ3) is 13.3. The van der Waals surface area contributed by atoms with Crippen molar-refractivity contribution in [1.29, 1.82) is 0 Å². The van der Waals surface area contributed by atoms with Gasteiger partial charge in [0.05, 0.1) is 0 Å². The lowest BCUT2D eigenvalue weighted by Crippen LogP contribution is -2.29. The quantitative estimate of drug-likeness (QED) is 0.380. The van der Waals surface area contributed by atoms with Crippen LogP contribution in [0.3, 0.4) is 0 Å². The largest absolute Gasteiger partial charge is 0.317 e. The Morgan fingerprint density at radius 2 is 0.857 bits per heavy atom. The zero-order valence-corrected chi connectivity index (χ0v) is 15.1. The molecule has 3 nitrogen and oxygen atoms in total. The van der Waals surface area contributed by atoms with E-state index in [1.165, 1.54) is 77.5 Å². The molecule has 0 saturated heterocycles. The molecule has 128 valence electrons. The van der Waals surface area contributed by atoms with E-state index in [0.717, 1.165) is 12.1 Å². The second-order valence-corrected chi connectivity index (χ2v) is 6.10. The maximum absolute atomic E-state index is 3.62. The summed E-state index contributed by atoms with van der Waals surface area (Å²) < 4.78 is 0. The molecule has 0 rings (SSSR count). The first-order valence-corrected chi connectivity index (χ1v) is 9.45. The van der Waals surface area contributed by atoms with Gasteiger partial charge in [-0.25, -0.2) is 0 Å². The number of nitrogens with one attached hydrogen (secondary N) is 3. The van der Waals surface area contributed by atoms with Crippen molar-refractivity contribution >= 4 is 0 Å². The highest BCUT2D eigenvalue weighted by molar-refractivity contribution is 4.63. The van der Waals surface area contributed by atoms with E-state index in [1.54, 1.807) is 0 Å². The summed E-state index contributed by atoms with van der Waals surface area (Å²) in [6.07, 6.45) is 10.2. The predicted octanol–water partition coefficient (Wildman–Crippen LogP) is 3.69. The van der Waals surface area contributed by atoms with Crippen LogP contribution < -0.4 is 16.0 Å². The summed E-state index contributed by atoms with van der Waals surface area (Å²) in [6.45, 7) is 13.7. The smallest absolute Gasteiger partial charge is 0.00618 e. The van der Waals surface area contributed by atoms with Gasteiger partial charge in [-0.1, -0.05) is 27.7 Å². The van der Waals surface area contributed by atoms with Crippen LogP contribution in [0.4, 0.5) is 0 Å². The van der Waals surface area contributed by atoms with Gasteiger partial charge in [-0.2, -0.15) is 0 Å². The molecule has 21 heavy (non-hydrogen) atoms. The molecule has 0 aromatic rings. The average Bonchev–Trinajstić information content (AvgIpc) is 2.52. The molecule has 0 spiro atoms. The fraction of sp³-hybridized carbons (Fsp3) is 1.00. The molecular weight excluding hydrogens is 258 g/mol. The summed E-state index contributed by atoms with van der Waals surface area (Å²) in [7, 11) is 0. The maximum atomic E-state index is 3.62. The van der Waals surface area contributed by atoms with E-state index in [-0.39, 0.29) is 0 Å². The third-order valence-electron chi connectivity index (χ3n) is 4.40. The lowest BCUT2D eigenvalue weighted by molar-refractivity contribution is 0.462. The molecule has 0 atom stereocenters. The Morgan fingerprint density at radius 3 is 1.19 bits per heavy atom. The Morgan fingerprint density at radius 1 is 0.524 bits per heavy atom. The minimum Gasteiger partial charge on any atom is -0.317 e. The van der Waals surface area contributed by atoms with E-state index in [4.69, 9.17) is 0 Å². The first-order chi connectivity index (χ1) is 10.3. The molecular formula is C18H41N3. The van der Waals surface area contributed by atoms with E-state index in [0.29, 0.717) is 0 Å². The van der Waals surface area contributed by atoms with Crippen molar-refractivity contribution in [1.82, 2.24) is 16.0 Å². The second kappa shape index (κ2) is 16.3. The Hall–Kier alpha value is -0.120. The van der Waals surface area contributed by atoms with Gasteiger partial charge in [0.15, 0.2) is 0 Å². The second-order valence-electron chi connectivity index (χ2n) is 6.10. The topological polar surface area (TPSA) is 36.1 Å². The Balaban J connectivity index is 3.15. The van der Waals surface area contributed by atoms with Crippen LogP contribution in [0.1, 0.15) is 79.1 Å². The molecule has 0 bridgehead atoms. The van der Waals surface area contributed by atoms with E-state index in [2.05, 4.69) is 43.6 Å². The van der Waals surface area contributed by atoms with Crippen LogP contribution in [-0.2, 0) is 0 Å². The summed E-state index contributed by atoms with van der Waals surface area (Å²) >= 11 is 0. The van der Waals surface area contributed by atoms with Gasteiger partial charge in [-0.15, -0.1) is 0 Å². The van der Waals surface area contributed by atoms with Gasteiger partial charge in [0.2, 0.25) is 0 Å². The van der Waals surface area contributed by atoms with Crippen molar-refractivity contribution in [2.45, 2.75) is 91.1 Å². The number of hydrogen-bond donors (Lipinski definition) is 3. The van der Waals surface area contributed by atoms with Gasteiger partial charge in [0, 0.05) is 12.1 Å². The van der Waals surface area contributed by atoms with Crippen LogP contribution in [0.5, 0.6) is 0 Å². The predicted molar refractivity (Wildman–Crippen MR) is 96.1 cm³/mol. The van der Waals surface area contributed by atoms with Gasteiger partial charge >= 0.3 is 0 Å². The monoisotopic (exact) mass is 299 g/mol. The number of hydrogen-bond acceptors (Lipinski definition) is 3. The molecule has 0 aliphatic heterocycles. The molecule has 0 heterocycles. The van der Waals surface area contributed by atoms with Crippen LogP contribution in [0, 0.1) is 0 Å². The standard InChI is InChI=1S/C18H41N3/c1-5-17(6-2)20-15-11-9-13-19-14-10-12-16-21-18(7-3)8-4/h17-21H,5-16H2,1-4H3. The fourth-order valence-corrected chi connectivity index (χ4v) is 2.64. The molecule has 3 heteroatoms. The highest BCUT2D eigenvalue weighted by Crippen LogP contribution is 1.97. The molecule has 0 amide bonds. The molecule has 0 unspecified atom stereocenters. The third-order valence-corrected chi connectivity index (χ3v) is 4.40. The number of rotatable bonds is 16. The van der Waals surface area contributed by atoms with Gasteiger partial charge in [0.25, 0.3) is 0 Å². The van der Waals surface area contributed by atoms with E-state index >= 15 is 0 Å². The summed E-state index contributed by atoms with van der Waals surface area (Å²) in [5, 5.41) is 10.8. The Bertz CT molecular complexity index is 169. The van der Waals surface area contributed by atoms with Crippen molar-refractivity contribution < 1.29 is 0 Å². The van der Waals surface area contributed by atoms with Crippen molar-refractivity contribution in [3.05, 3.63) is 0 Å². The van der Waals surface area contributed by atoms with E-state index < -0.39 is 0 Å². The summed E-state index contributed by atoms with van der Waals surface area (Å²) in [4.78, 5) is 0. The molecule has 0 aliphatic carbocycles. The van der Waals surface area contributed by atoms with Crippen molar-refractivity contribution in [2.24, 2.45) is 0 Å².